The van der Waals surface area contributed by atoms with E-state index in [1.807, 2.05) is 6.92 Å². The summed E-state index contributed by atoms with van der Waals surface area (Å²) in [7, 11) is 0. The molecule has 1 aromatic rings. The Morgan fingerprint density at radius 3 is 2.58 bits per heavy atom. The highest BCUT2D eigenvalue weighted by Gasteiger charge is 2.14. The summed E-state index contributed by atoms with van der Waals surface area (Å²) in [6, 6.07) is 0. The van der Waals surface area contributed by atoms with Crippen molar-refractivity contribution < 1.29 is 5.11 Å². The van der Waals surface area contributed by atoms with Crippen molar-refractivity contribution >= 4 is 11.6 Å². The number of aliphatic hydroxyl groups is 1. The first-order chi connectivity index (χ1) is 5.38. The first-order valence-electron chi connectivity index (χ1n) is 3.80. The Morgan fingerprint density at radius 2 is 2.25 bits per heavy atom. The average Bonchev–Trinajstić information content (AvgIpc) is 2.07. The molecule has 0 aliphatic carbocycles. The van der Waals surface area contributed by atoms with E-state index in [9.17, 15) is 5.11 Å². The summed E-state index contributed by atoms with van der Waals surface area (Å²) in [5.41, 5.74) is 0.0443. The van der Waals surface area contributed by atoms with Gasteiger partial charge in [-0.15, -0.1) is 0 Å². The van der Waals surface area contributed by atoms with Crippen LogP contribution in [0.5, 0.6) is 0 Å². The lowest BCUT2D eigenvalue weighted by Gasteiger charge is -2.16. The van der Waals surface area contributed by atoms with Crippen LogP contribution in [-0.2, 0) is 6.54 Å². The first-order valence-corrected chi connectivity index (χ1v) is 4.18. The van der Waals surface area contributed by atoms with E-state index in [2.05, 4.69) is 5.10 Å². The molecule has 0 saturated carbocycles. The molecule has 0 unspecified atom stereocenters. The molecule has 12 heavy (non-hydrogen) atoms. The van der Waals surface area contributed by atoms with Gasteiger partial charge in [0.05, 0.1) is 22.9 Å². The minimum atomic E-state index is -0.748. The summed E-state index contributed by atoms with van der Waals surface area (Å²) >= 11 is 5.79. The van der Waals surface area contributed by atoms with E-state index in [0.29, 0.717) is 11.6 Å². The van der Waals surface area contributed by atoms with Crippen molar-refractivity contribution in [1.29, 1.82) is 0 Å². The molecular weight excluding hydrogens is 176 g/mol. The molecule has 0 aliphatic rings. The second-order valence-corrected chi connectivity index (χ2v) is 3.98. The van der Waals surface area contributed by atoms with Crippen LogP contribution in [0.4, 0.5) is 0 Å². The van der Waals surface area contributed by atoms with Gasteiger partial charge in [0.15, 0.2) is 0 Å². The van der Waals surface area contributed by atoms with E-state index in [4.69, 9.17) is 11.6 Å². The van der Waals surface area contributed by atoms with Gasteiger partial charge in [0.1, 0.15) is 0 Å². The van der Waals surface area contributed by atoms with Crippen LogP contribution in [0, 0.1) is 6.92 Å². The number of nitrogens with zero attached hydrogens (tertiary/aromatic N) is 2. The van der Waals surface area contributed by atoms with Crippen LogP contribution in [0.15, 0.2) is 6.20 Å². The standard InChI is InChI=1S/C8H13ClN2O/c1-6-7(9)4-11(10-6)5-8(2,3)12/h4,12H,5H2,1-3H3. The molecule has 3 nitrogen and oxygen atoms in total. The van der Waals surface area contributed by atoms with Crippen LogP contribution in [0.25, 0.3) is 0 Å². The highest BCUT2D eigenvalue weighted by atomic mass is 35.5. The maximum atomic E-state index is 9.47. The summed E-state index contributed by atoms with van der Waals surface area (Å²) in [4.78, 5) is 0. The summed E-state index contributed by atoms with van der Waals surface area (Å²) in [6.45, 7) is 5.76. The largest absolute Gasteiger partial charge is 0.389 e. The summed E-state index contributed by atoms with van der Waals surface area (Å²) < 4.78 is 1.65. The van der Waals surface area contributed by atoms with Crippen molar-refractivity contribution in [2.24, 2.45) is 0 Å². The van der Waals surface area contributed by atoms with Gasteiger partial charge in [-0.2, -0.15) is 5.10 Å². The summed E-state index contributed by atoms with van der Waals surface area (Å²) in [5.74, 6) is 0. The average molecular weight is 189 g/mol. The Kier molecular flexibility index (Phi) is 2.44. The topological polar surface area (TPSA) is 38.0 Å². The third-order valence-electron chi connectivity index (χ3n) is 1.44. The minimum Gasteiger partial charge on any atom is -0.389 e. The van der Waals surface area contributed by atoms with Crippen LogP contribution < -0.4 is 0 Å². The second-order valence-electron chi connectivity index (χ2n) is 3.57. The zero-order valence-corrected chi connectivity index (χ0v) is 8.26. The fourth-order valence-corrected chi connectivity index (χ4v) is 1.12. The third-order valence-corrected chi connectivity index (χ3v) is 1.81. The molecule has 0 amide bonds. The number of hydrogen-bond acceptors (Lipinski definition) is 2. The van der Waals surface area contributed by atoms with Crippen molar-refractivity contribution in [3.05, 3.63) is 16.9 Å². The molecule has 0 aliphatic heterocycles. The van der Waals surface area contributed by atoms with Crippen molar-refractivity contribution in [2.75, 3.05) is 0 Å². The molecule has 0 spiro atoms. The lowest BCUT2D eigenvalue weighted by Crippen LogP contribution is -2.26. The lowest BCUT2D eigenvalue weighted by molar-refractivity contribution is 0.0577. The number of rotatable bonds is 2. The van der Waals surface area contributed by atoms with E-state index in [0.717, 1.165) is 5.69 Å². The third kappa shape index (κ3) is 2.50. The second kappa shape index (κ2) is 3.07. The zero-order valence-electron chi connectivity index (χ0n) is 7.50. The molecule has 0 radical (unpaired) electrons. The highest BCUT2D eigenvalue weighted by Crippen LogP contribution is 2.14. The summed E-state index contributed by atoms with van der Waals surface area (Å²) in [5, 5.41) is 14.2. The highest BCUT2D eigenvalue weighted by molar-refractivity contribution is 6.31. The Balaban J connectivity index is 2.77. The molecule has 1 N–H and O–H groups in total. The van der Waals surface area contributed by atoms with Gasteiger partial charge in [-0.25, -0.2) is 0 Å². The van der Waals surface area contributed by atoms with Gasteiger partial charge in [0, 0.05) is 6.20 Å². The Hall–Kier alpha value is -0.540. The molecule has 0 fully saturated rings. The van der Waals surface area contributed by atoms with E-state index in [-0.39, 0.29) is 0 Å². The normalized spacial score (nSPS) is 12.1. The molecule has 1 heterocycles. The van der Waals surface area contributed by atoms with Gasteiger partial charge in [-0.05, 0) is 20.8 Å². The van der Waals surface area contributed by atoms with Crippen molar-refractivity contribution in [1.82, 2.24) is 9.78 Å². The quantitative estimate of drug-likeness (QED) is 0.766. The van der Waals surface area contributed by atoms with Crippen LogP contribution in [0.3, 0.4) is 0 Å². The maximum absolute atomic E-state index is 9.47. The maximum Gasteiger partial charge on any atom is 0.0814 e. The Bertz CT molecular complexity index is 256. The number of halogens is 1. The fourth-order valence-electron chi connectivity index (χ4n) is 0.971. The first kappa shape index (κ1) is 9.55. The van der Waals surface area contributed by atoms with Gasteiger partial charge in [0.2, 0.25) is 0 Å². The van der Waals surface area contributed by atoms with Crippen molar-refractivity contribution in [2.45, 2.75) is 32.9 Å². The zero-order chi connectivity index (χ0) is 9.35. The Labute approximate surface area is 77.0 Å². The molecular formula is C8H13ClN2O. The van der Waals surface area contributed by atoms with Crippen molar-refractivity contribution in [3.63, 3.8) is 0 Å². The predicted molar refractivity (Wildman–Crippen MR) is 48.3 cm³/mol. The molecule has 1 rings (SSSR count). The van der Waals surface area contributed by atoms with E-state index < -0.39 is 5.60 Å². The van der Waals surface area contributed by atoms with Crippen molar-refractivity contribution in [3.8, 4) is 0 Å². The number of aromatic nitrogens is 2. The lowest BCUT2D eigenvalue weighted by atomic mass is 10.1. The van der Waals surface area contributed by atoms with Crippen LogP contribution in [-0.4, -0.2) is 20.5 Å². The molecule has 0 bridgehead atoms. The molecule has 4 heteroatoms. The number of hydrogen-bond donors (Lipinski definition) is 1. The van der Waals surface area contributed by atoms with E-state index >= 15 is 0 Å². The molecule has 0 saturated heterocycles. The van der Waals surface area contributed by atoms with Gasteiger partial charge in [-0.3, -0.25) is 4.68 Å². The fraction of sp³-hybridized carbons (Fsp3) is 0.625. The van der Waals surface area contributed by atoms with Gasteiger partial charge < -0.3 is 5.11 Å². The van der Waals surface area contributed by atoms with E-state index in [1.54, 1.807) is 24.7 Å². The summed E-state index contributed by atoms with van der Waals surface area (Å²) in [6.07, 6.45) is 1.72. The predicted octanol–water partition coefficient (Wildman–Crippen LogP) is 1.62. The monoisotopic (exact) mass is 188 g/mol. The van der Waals surface area contributed by atoms with Gasteiger partial charge in [-0.1, -0.05) is 11.6 Å². The molecule has 0 aromatic carbocycles. The molecule has 0 atom stereocenters. The van der Waals surface area contributed by atoms with Crippen LogP contribution >= 0.6 is 11.6 Å². The molecule has 1 aromatic heterocycles. The van der Waals surface area contributed by atoms with Crippen LogP contribution in [0.2, 0.25) is 5.02 Å². The van der Waals surface area contributed by atoms with Gasteiger partial charge in [0.25, 0.3) is 0 Å². The SMILES string of the molecule is Cc1nn(CC(C)(C)O)cc1Cl. The molecule has 68 valence electrons. The minimum absolute atomic E-state index is 0.459. The van der Waals surface area contributed by atoms with E-state index in [1.165, 1.54) is 0 Å². The number of aryl methyl sites for hydroxylation is 1. The Morgan fingerprint density at radius 1 is 1.67 bits per heavy atom. The van der Waals surface area contributed by atoms with Crippen LogP contribution in [0.1, 0.15) is 19.5 Å². The van der Waals surface area contributed by atoms with Gasteiger partial charge >= 0.3 is 0 Å². The smallest absolute Gasteiger partial charge is 0.0814 e.